The summed E-state index contributed by atoms with van der Waals surface area (Å²) in [5, 5.41) is 11.1. The second-order valence-electron chi connectivity index (χ2n) is 5.95. The molecule has 0 spiro atoms. The Morgan fingerprint density at radius 1 is 1.27 bits per heavy atom. The molecule has 1 aliphatic heterocycles. The molecule has 3 amide bonds. The number of ether oxygens (including phenoxy) is 1. The first-order valence-electron chi connectivity index (χ1n) is 8.17. The lowest BCUT2D eigenvalue weighted by atomic mass is 10.1. The summed E-state index contributed by atoms with van der Waals surface area (Å²) in [5.41, 5.74) is 5.93. The maximum Gasteiger partial charge on any atom is 0.410 e. The highest BCUT2D eigenvalue weighted by Gasteiger charge is 2.36. The quantitative estimate of drug-likeness (QED) is 0.634. The number of nitrogens with zero attached hydrogens (tertiary/aromatic N) is 1. The number of benzene rings is 1. The van der Waals surface area contributed by atoms with Crippen LogP contribution in [-0.2, 0) is 25.7 Å². The third kappa shape index (κ3) is 5.20. The van der Waals surface area contributed by atoms with Gasteiger partial charge in [0.25, 0.3) is 0 Å². The van der Waals surface area contributed by atoms with E-state index in [1.54, 1.807) is 0 Å². The van der Waals surface area contributed by atoms with Crippen LogP contribution < -0.4 is 11.1 Å². The van der Waals surface area contributed by atoms with Crippen LogP contribution in [0, 0.1) is 0 Å². The van der Waals surface area contributed by atoms with E-state index in [9.17, 15) is 19.2 Å². The molecule has 9 heteroatoms. The Bertz CT molecular complexity index is 678. The summed E-state index contributed by atoms with van der Waals surface area (Å²) in [6, 6.07) is 6.95. The minimum atomic E-state index is -1.33. The summed E-state index contributed by atoms with van der Waals surface area (Å²) >= 11 is 0. The fraction of sp³-hybridized carbons (Fsp3) is 0.412. The fourth-order valence-electron chi connectivity index (χ4n) is 2.73. The van der Waals surface area contributed by atoms with Crippen LogP contribution in [0.5, 0.6) is 0 Å². The van der Waals surface area contributed by atoms with Crippen LogP contribution in [0.4, 0.5) is 4.79 Å². The van der Waals surface area contributed by atoms with Crippen molar-refractivity contribution in [2.75, 3.05) is 6.54 Å². The highest BCUT2D eigenvalue weighted by molar-refractivity contribution is 5.92. The zero-order valence-corrected chi connectivity index (χ0v) is 14.1. The van der Waals surface area contributed by atoms with E-state index in [4.69, 9.17) is 15.6 Å². The zero-order valence-electron chi connectivity index (χ0n) is 14.1. The molecule has 1 heterocycles. The molecule has 1 saturated heterocycles. The molecule has 4 N–H and O–H groups in total. The molecule has 140 valence electrons. The number of hydrogen-bond donors (Lipinski definition) is 3. The molecule has 9 nitrogen and oxygen atoms in total. The summed E-state index contributed by atoms with van der Waals surface area (Å²) in [4.78, 5) is 48.0. The van der Waals surface area contributed by atoms with Gasteiger partial charge in [0.15, 0.2) is 0 Å². The van der Waals surface area contributed by atoms with Crippen molar-refractivity contribution in [3.63, 3.8) is 0 Å². The summed E-state index contributed by atoms with van der Waals surface area (Å²) in [6.07, 6.45) is -0.268. The maximum atomic E-state index is 12.4. The van der Waals surface area contributed by atoms with Crippen molar-refractivity contribution < 1.29 is 29.0 Å². The first kappa shape index (κ1) is 19.2. The van der Waals surface area contributed by atoms with E-state index in [0.717, 1.165) is 5.56 Å². The number of rotatable bonds is 7. The predicted octanol–water partition coefficient (Wildman–Crippen LogP) is 0.232. The van der Waals surface area contributed by atoms with Crippen molar-refractivity contribution in [1.82, 2.24) is 10.2 Å². The Balaban J connectivity index is 1.95. The maximum absolute atomic E-state index is 12.4. The third-order valence-corrected chi connectivity index (χ3v) is 4.03. The SMILES string of the molecule is NC(=O)[C@@H](CC(=O)O)NC(=O)[C@H]1CCCN1C(=O)OCc1ccccc1. The molecular formula is C17H21N3O6. The topological polar surface area (TPSA) is 139 Å². The van der Waals surface area contributed by atoms with Gasteiger partial charge in [0.2, 0.25) is 11.8 Å². The van der Waals surface area contributed by atoms with Crippen molar-refractivity contribution >= 4 is 23.9 Å². The van der Waals surface area contributed by atoms with Gasteiger partial charge in [-0.1, -0.05) is 30.3 Å². The van der Waals surface area contributed by atoms with Crippen LogP contribution in [0.3, 0.4) is 0 Å². The Hall–Kier alpha value is -3.10. The largest absolute Gasteiger partial charge is 0.481 e. The van der Waals surface area contributed by atoms with Crippen molar-refractivity contribution in [2.24, 2.45) is 5.73 Å². The van der Waals surface area contributed by atoms with E-state index >= 15 is 0 Å². The lowest BCUT2D eigenvalue weighted by Gasteiger charge is -2.24. The fourth-order valence-corrected chi connectivity index (χ4v) is 2.73. The van der Waals surface area contributed by atoms with Gasteiger partial charge in [0.05, 0.1) is 6.42 Å². The van der Waals surface area contributed by atoms with Crippen LogP contribution in [0.2, 0.25) is 0 Å². The van der Waals surface area contributed by atoms with Gasteiger partial charge in [-0.2, -0.15) is 0 Å². The van der Waals surface area contributed by atoms with Crippen molar-refractivity contribution in [2.45, 2.75) is 38.0 Å². The third-order valence-electron chi connectivity index (χ3n) is 4.03. The summed E-state index contributed by atoms with van der Waals surface area (Å²) in [7, 11) is 0. The zero-order chi connectivity index (χ0) is 19.1. The number of primary amides is 1. The van der Waals surface area contributed by atoms with Gasteiger partial charge < -0.3 is 20.9 Å². The molecule has 1 aliphatic rings. The molecule has 2 rings (SSSR count). The molecule has 0 unspecified atom stereocenters. The number of carboxylic acid groups (broad SMARTS) is 1. The van der Waals surface area contributed by atoms with E-state index in [-0.39, 0.29) is 6.61 Å². The highest BCUT2D eigenvalue weighted by Crippen LogP contribution is 2.19. The van der Waals surface area contributed by atoms with Crippen LogP contribution in [-0.4, -0.2) is 52.5 Å². The minimum Gasteiger partial charge on any atom is -0.481 e. The highest BCUT2D eigenvalue weighted by atomic mass is 16.6. The van der Waals surface area contributed by atoms with Gasteiger partial charge in [-0.15, -0.1) is 0 Å². The van der Waals surface area contributed by atoms with Crippen molar-refractivity contribution in [3.8, 4) is 0 Å². The number of carboxylic acids is 1. The number of nitrogens with one attached hydrogen (secondary N) is 1. The Kier molecular flexibility index (Phi) is 6.54. The number of hydrogen-bond acceptors (Lipinski definition) is 5. The van der Waals surface area contributed by atoms with Crippen molar-refractivity contribution in [3.05, 3.63) is 35.9 Å². The predicted molar refractivity (Wildman–Crippen MR) is 89.7 cm³/mol. The van der Waals surface area contributed by atoms with E-state index < -0.39 is 42.4 Å². The second kappa shape index (κ2) is 8.84. The molecular weight excluding hydrogens is 342 g/mol. The van der Waals surface area contributed by atoms with Crippen LogP contribution >= 0.6 is 0 Å². The Morgan fingerprint density at radius 3 is 2.58 bits per heavy atom. The molecule has 1 fully saturated rings. The van der Waals surface area contributed by atoms with Gasteiger partial charge >= 0.3 is 12.1 Å². The van der Waals surface area contributed by atoms with E-state index in [2.05, 4.69) is 5.32 Å². The van der Waals surface area contributed by atoms with E-state index in [1.165, 1.54) is 4.90 Å². The number of nitrogens with two attached hydrogens (primary N) is 1. The summed E-state index contributed by atoms with van der Waals surface area (Å²) < 4.78 is 5.23. The first-order chi connectivity index (χ1) is 12.4. The molecule has 26 heavy (non-hydrogen) atoms. The van der Waals surface area contributed by atoms with Gasteiger partial charge in [0.1, 0.15) is 18.7 Å². The van der Waals surface area contributed by atoms with Crippen LogP contribution in [0.1, 0.15) is 24.8 Å². The molecule has 0 aromatic heterocycles. The van der Waals surface area contributed by atoms with Gasteiger partial charge in [-0.25, -0.2) is 4.79 Å². The first-order valence-corrected chi connectivity index (χ1v) is 8.17. The number of amides is 3. The van der Waals surface area contributed by atoms with Gasteiger partial charge in [0, 0.05) is 6.54 Å². The Labute approximate surface area is 150 Å². The lowest BCUT2D eigenvalue weighted by molar-refractivity contribution is -0.140. The second-order valence-corrected chi connectivity index (χ2v) is 5.95. The molecule has 0 radical (unpaired) electrons. The number of aliphatic carboxylic acids is 1. The van der Waals surface area contributed by atoms with Crippen molar-refractivity contribution in [1.29, 1.82) is 0 Å². The molecule has 0 saturated carbocycles. The number of carbonyl (C=O) groups excluding carboxylic acids is 3. The van der Waals surface area contributed by atoms with Crippen LogP contribution in [0.25, 0.3) is 0 Å². The number of carbonyl (C=O) groups is 4. The van der Waals surface area contributed by atoms with Crippen LogP contribution in [0.15, 0.2) is 30.3 Å². The summed E-state index contributed by atoms with van der Waals surface area (Å²) in [5.74, 6) is -2.83. The normalized spacial score (nSPS) is 17.4. The average molecular weight is 363 g/mol. The Morgan fingerprint density at radius 2 is 1.96 bits per heavy atom. The molecule has 1 aromatic carbocycles. The minimum absolute atomic E-state index is 0.0768. The molecule has 1 aromatic rings. The average Bonchev–Trinajstić information content (AvgIpc) is 3.09. The monoisotopic (exact) mass is 363 g/mol. The molecule has 0 bridgehead atoms. The van der Waals surface area contributed by atoms with Gasteiger partial charge in [-0.3, -0.25) is 19.3 Å². The molecule has 2 atom stereocenters. The summed E-state index contributed by atoms with van der Waals surface area (Å²) in [6.45, 7) is 0.416. The van der Waals surface area contributed by atoms with Gasteiger partial charge in [-0.05, 0) is 18.4 Å². The molecule has 0 aliphatic carbocycles. The van der Waals surface area contributed by atoms with E-state index in [1.807, 2.05) is 30.3 Å². The van der Waals surface area contributed by atoms with E-state index in [0.29, 0.717) is 19.4 Å². The smallest absolute Gasteiger partial charge is 0.410 e. The lowest BCUT2D eigenvalue weighted by Crippen LogP contribution is -2.52. The standard InChI is InChI=1S/C17H21N3O6/c18-15(23)12(9-14(21)22)19-16(24)13-7-4-8-20(13)17(25)26-10-11-5-2-1-3-6-11/h1-3,5-6,12-13H,4,7-10H2,(H2,18,23)(H,19,24)(H,21,22)/t12-,13-/m1/s1. The number of likely N-dealkylation sites (tertiary alicyclic amines) is 1.